The highest BCUT2D eigenvalue weighted by Gasteiger charge is 2.42. The molecule has 0 aromatic carbocycles. The van der Waals surface area contributed by atoms with E-state index in [0.29, 0.717) is 6.04 Å². The molecule has 3 atom stereocenters. The van der Waals surface area contributed by atoms with Crippen LogP contribution in [0.25, 0.3) is 0 Å². The summed E-state index contributed by atoms with van der Waals surface area (Å²) in [4.78, 5) is 0. The second kappa shape index (κ2) is 3.60. The zero-order valence-electron chi connectivity index (χ0n) is 10.2. The Morgan fingerprint density at radius 1 is 1.07 bits per heavy atom. The molecule has 1 saturated heterocycles. The highest BCUT2D eigenvalue weighted by molar-refractivity contribution is 7.84. The summed E-state index contributed by atoms with van der Waals surface area (Å²) in [6.45, 7) is 13.1. The SMILES string of the molecule is CC(C)(C)C1CC(C(C)(C)C)S(=O)N1. The first kappa shape index (κ1) is 12.2. The molecule has 0 radical (unpaired) electrons. The second-order valence-electron chi connectivity index (χ2n) is 6.42. The van der Waals surface area contributed by atoms with Crippen LogP contribution in [0.2, 0.25) is 0 Å². The predicted octanol–water partition coefficient (Wildman–Crippen LogP) is 2.47. The van der Waals surface area contributed by atoms with Crippen molar-refractivity contribution in [3.05, 3.63) is 0 Å². The maximum Gasteiger partial charge on any atom is 0.0955 e. The van der Waals surface area contributed by atoms with Crippen molar-refractivity contribution in [2.75, 3.05) is 0 Å². The van der Waals surface area contributed by atoms with E-state index in [2.05, 4.69) is 46.3 Å². The van der Waals surface area contributed by atoms with E-state index in [1.54, 1.807) is 0 Å². The van der Waals surface area contributed by atoms with E-state index in [0.717, 1.165) is 6.42 Å². The largest absolute Gasteiger partial charge is 0.243 e. The molecule has 0 saturated carbocycles. The molecule has 1 aliphatic heterocycles. The normalized spacial score (nSPS) is 34.9. The van der Waals surface area contributed by atoms with Crippen LogP contribution >= 0.6 is 0 Å². The molecular weight excluding hydrogens is 194 g/mol. The fourth-order valence-corrected chi connectivity index (χ4v) is 3.68. The molecule has 84 valence electrons. The maximum atomic E-state index is 11.9. The van der Waals surface area contributed by atoms with E-state index >= 15 is 0 Å². The first-order valence-electron chi connectivity index (χ1n) is 5.29. The van der Waals surface area contributed by atoms with Crippen molar-refractivity contribution < 1.29 is 4.21 Å². The fourth-order valence-electron chi connectivity index (χ4n) is 1.78. The first-order valence-corrected chi connectivity index (χ1v) is 6.50. The average Bonchev–Trinajstić information content (AvgIpc) is 2.27. The zero-order chi connectivity index (χ0) is 11.1. The molecule has 3 heteroatoms. The summed E-state index contributed by atoms with van der Waals surface area (Å²) >= 11 is 0. The van der Waals surface area contributed by atoms with Crippen LogP contribution in [-0.4, -0.2) is 15.5 Å². The van der Waals surface area contributed by atoms with Crippen LogP contribution < -0.4 is 4.72 Å². The van der Waals surface area contributed by atoms with E-state index in [1.807, 2.05) is 0 Å². The molecular formula is C11H23NOS. The molecule has 3 unspecified atom stereocenters. The molecule has 0 aliphatic carbocycles. The minimum absolute atomic E-state index is 0.137. The van der Waals surface area contributed by atoms with Gasteiger partial charge in [0.2, 0.25) is 0 Å². The van der Waals surface area contributed by atoms with E-state index in [9.17, 15) is 4.21 Å². The minimum atomic E-state index is -0.857. The summed E-state index contributed by atoms with van der Waals surface area (Å²) in [6.07, 6.45) is 1.03. The summed E-state index contributed by atoms with van der Waals surface area (Å²) in [7, 11) is -0.857. The lowest BCUT2D eigenvalue weighted by Crippen LogP contribution is -2.34. The van der Waals surface area contributed by atoms with Gasteiger partial charge in [-0.15, -0.1) is 0 Å². The van der Waals surface area contributed by atoms with Gasteiger partial charge >= 0.3 is 0 Å². The van der Waals surface area contributed by atoms with Crippen LogP contribution in [-0.2, 0) is 11.0 Å². The summed E-state index contributed by atoms with van der Waals surface area (Å²) in [5.41, 5.74) is 0.341. The second-order valence-corrected chi connectivity index (χ2v) is 7.82. The predicted molar refractivity (Wildman–Crippen MR) is 62.4 cm³/mol. The van der Waals surface area contributed by atoms with Crippen molar-refractivity contribution in [1.82, 2.24) is 4.72 Å². The molecule has 2 nitrogen and oxygen atoms in total. The Morgan fingerprint density at radius 3 is 1.79 bits per heavy atom. The summed E-state index contributed by atoms with van der Waals surface area (Å²) in [6, 6.07) is 0.382. The van der Waals surface area contributed by atoms with Crippen LogP contribution in [0.15, 0.2) is 0 Å². The third-order valence-electron chi connectivity index (χ3n) is 2.98. The summed E-state index contributed by atoms with van der Waals surface area (Å²) in [5, 5.41) is 0.284. The highest BCUT2D eigenvalue weighted by Crippen LogP contribution is 2.36. The molecule has 1 heterocycles. The lowest BCUT2D eigenvalue weighted by atomic mass is 9.80. The van der Waals surface area contributed by atoms with Crippen LogP contribution in [0, 0.1) is 10.8 Å². The Balaban J connectivity index is 2.75. The third kappa shape index (κ3) is 2.57. The lowest BCUT2D eigenvalue weighted by Gasteiger charge is -2.28. The fraction of sp³-hybridized carbons (Fsp3) is 1.00. The molecule has 1 aliphatic rings. The van der Waals surface area contributed by atoms with E-state index < -0.39 is 11.0 Å². The van der Waals surface area contributed by atoms with Gasteiger partial charge in [0.25, 0.3) is 0 Å². The van der Waals surface area contributed by atoms with Gasteiger partial charge in [-0.2, -0.15) is 0 Å². The van der Waals surface area contributed by atoms with Crippen molar-refractivity contribution in [3.63, 3.8) is 0 Å². The van der Waals surface area contributed by atoms with E-state index in [1.165, 1.54) is 0 Å². The molecule has 0 spiro atoms. The van der Waals surface area contributed by atoms with Gasteiger partial charge in [-0.3, -0.25) is 0 Å². The van der Waals surface area contributed by atoms with Crippen LogP contribution in [0.5, 0.6) is 0 Å². The van der Waals surface area contributed by atoms with Gasteiger partial charge in [-0.25, -0.2) is 8.93 Å². The molecule has 0 amide bonds. The Hall–Kier alpha value is 0.110. The van der Waals surface area contributed by atoms with Gasteiger partial charge in [-0.05, 0) is 17.3 Å². The molecule has 0 aromatic rings. The number of hydrogen-bond acceptors (Lipinski definition) is 1. The van der Waals surface area contributed by atoms with Crippen molar-refractivity contribution >= 4 is 11.0 Å². The Morgan fingerprint density at radius 2 is 1.57 bits per heavy atom. The first-order chi connectivity index (χ1) is 6.12. The van der Waals surface area contributed by atoms with Gasteiger partial charge in [0.1, 0.15) is 0 Å². The monoisotopic (exact) mass is 217 g/mol. The van der Waals surface area contributed by atoms with E-state index in [4.69, 9.17) is 0 Å². The minimum Gasteiger partial charge on any atom is -0.243 e. The average molecular weight is 217 g/mol. The molecule has 1 N–H and O–H groups in total. The summed E-state index contributed by atoms with van der Waals surface area (Å²) in [5.74, 6) is 0. The zero-order valence-corrected chi connectivity index (χ0v) is 11.0. The molecule has 0 bridgehead atoms. The van der Waals surface area contributed by atoms with Crippen molar-refractivity contribution in [2.24, 2.45) is 10.8 Å². The Kier molecular flexibility index (Phi) is 3.13. The van der Waals surface area contributed by atoms with Crippen LogP contribution in [0.3, 0.4) is 0 Å². The van der Waals surface area contributed by atoms with Gasteiger partial charge < -0.3 is 0 Å². The standard InChI is InChI=1S/C11H23NOS/c1-10(2,3)8-7-9(11(4,5)6)14(13)12-8/h8-9,12H,7H2,1-6H3. The van der Waals surface area contributed by atoms with Crippen molar-refractivity contribution in [2.45, 2.75) is 59.3 Å². The Bertz CT molecular complexity index is 237. The molecule has 0 aromatic heterocycles. The van der Waals surface area contributed by atoms with Gasteiger partial charge in [0, 0.05) is 6.04 Å². The van der Waals surface area contributed by atoms with Gasteiger partial charge in [0.05, 0.1) is 16.2 Å². The topological polar surface area (TPSA) is 29.1 Å². The van der Waals surface area contributed by atoms with Crippen molar-refractivity contribution in [1.29, 1.82) is 0 Å². The Labute approximate surface area is 90.4 Å². The van der Waals surface area contributed by atoms with Crippen molar-refractivity contribution in [3.8, 4) is 0 Å². The quantitative estimate of drug-likeness (QED) is 0.663. The number of nitrogens with one attached hydrogen (secondary N) is 1. The lowest BCUT2D eigenvalue weighted by molar-refractivity contribution is 0.274. The molecule has 14 heavy (non-hydrogen) atoms. The third-order valence-corrected chi connectivity index (χ3v) is 4.91. The number of hydrogen-bond donors (Lipinski definition) is 1. The van der Waals surface area contributed by atoms with Gasteiger partial charge in [-0.1, -0.05) is 41.5 Å². The molecule has 1 rings (SSSR count). The van der Waals surface area contributed by atoms with Crippen LogP contribution in [0.1, 0.15) is 48.0 Å². The van der Waals surface area contributed by atoms with Gasteiger partial charge in [0.15, 0.2) is 0 Å². The number of rotatable bonds is 0. The van der Waals surface area contributed by atoms with E-state index in [-0.39, 0.29) is 16.1 Å². The smallest absolute Gasteiger partial charge is 0.0955 e. The molecule has 1 fully saturated rings. The highest BCUT2D eigenvalue weighted by atomic mass is 32.2. The van der Waals surface area contributed by atoms with Crippen LogP contribution in [0.4, 0.5) is 0 Å². The summed E-state index contributed by atoms with van der Waals surface area (Å²) < 4.78 is 15.1. The maximum absolute atomic E-state index is 11.9.